The molecule has 2 N–H and O–H groups in total. The Hall–Kier alpha value is -0.610. The van der Waals surface area contributed by atoms with Crippen molar-refractivity contribution in [2.75, 3.05) is 19.7 Å². The highest BCUT2D eigenvalue weighted by Gasteiger charge is 2.28. The molecule has 4 heteroatoms. The minimum absolute atomic E-state index is 0.177. The predicted molar refractivity (Wildman–Crippen MR) is 66.7 cm³/mol. The number of amides is 1. The molecule has 2 saturated carbocycles. The maximum Gasteiger partial charge on any atom is 0.224 e. The fourth-order valence-electron chi connectivity index (χ4n) is 2.26. The lowest BCUT2D eigenvalue weighted by molar-refractivity contribution is -0.135. The Morgan fingerprint density at radius 2 is 2.06 bits per heavy atom. The zero-order valence-corrected chi connectivity index (χ0v) is 10.5. The van der Waals surface area contributed by atoms with Gasteiger partial charge in [-0.05, 0) is 38.5 Å². The van der Waals surface area contributed by atoms with E-state index < -0.39 is 0 Å². The first-order valence-electron chi connectivity index (χ1n) is 6.95. The van der Waals surface area contributed by atoms with E-state index in [1.807, 2.05) is 4.90 Å². The Bertz CT molecular complexity index is 250. The number of nitrogens with zero attached hydrogens (tertiary/aromatic N) is 1. The number of nitrogens with one attached hydrogen (secondary N) is 1. The first-order valence-corrected chi connectivity index (χ1v) is 6.95. The van der Waals surface area contributed by atoms with Crippen molar-refractivity contribution in [2.45, 2.75) is 57.0 Å². The standard InChI is InChI=1S/C13H24N2O2/c16-10-2-9-15(12-3-1-4-12)13(17)7-8-14-11-5-6-11/h11-12,14,16H,1-10H2. The highest BCUT2D eigenvalue weighted by Crippen LogP contribution is 2.25. The first-order chi connectivity index (χ1) is 8.31. The van der Waals surface area contributed by atoms with Gasteiger partial charge in [-0.15, -0.1) is 0 Å². The molecule has 98 valence electrons. The van der Waals surface area contributed by atoms with Crippen LogP contribution < -0.4 is 5.32 Å². The molecule has 0 unspecified atom stereocenters. The van der Waals surface area contributed by atoms with E-state index in [1.165, 1.54) is 19.3 Å². The maximum atomic E-state index is 12.1. The Kier molecular flexibility index (Phi) is 4.80. The molecule has 0 bridgehead atoms. The quantitative estimate of drug-likeness (QED) is 0.662. The Morgan fingerprint density at radius 1 is 1.29 bits per heavy atom. The van der Waals surface area contributed by atoms with E-state index in [4.69, 9.17) is 5.11 Å². The number of rotatable bonds is 8. The molecule has 0 aromatic heterocycles. The van der Waals surface area contributed by atoms with Crippen LogP contribution in [-0.4, -0.2) is 47.7 Å². The number of hydrogen-bond acceptors (Lipinski definition) is 3. The third-order valence-electron chi connectivity index (χ3n) is 3.74. The molecule has 0 saturated heterocycles. The van der Waals surface area contributed by atoms with Gasteiger partial charge in [-0.1, -0.05) is 0 Å². The SMILES string of the molecule is O=C(CCNC1CC1)N(CCCO)C1CCC1. The van der Waals surface area contributed by atoms with Crippen LogP contribution >= 0.6 is 0 Å². The van der Waals surface area contributed by atoms with Crippen LogP contribution in [0.25, 0.3) is 0 Å². The van der Waals surface area contributed by atoms with Gasteiger partial charge in [0.1, 0.15) is 0 Å². The van der Waals surface area contributed by atoms with Crippen LogP contribution in [0.1, 0.15) is 44.9 Å². The maximum absolute atomic E-state index is 12.1. The molecule has 2 aliphatic carbocycles. The van der Waals surface area contributed by atoms with Gasteiger partial charge >= 0.3 is 0 Å². The number of carbonyl (C=O) groups is 1. The van der Waals surface area contributed by atoms with E-state index >= 15 is 0 Å². The number of aliphatic hydroxyl groups is 1. The van der Waals surface area contributed by atoms with E-state index in [0.29, 0.717) is 24.9 Å². The van der Waals surface area contributed by atoms with Gasteiger partial charge in [0.25, 0.3) is 0 Å². The molecular formula is C13H24N2O2. The van der Waals surface area contributed by atoms with Crippen LogP contribution in [0, 0.1) is 0 Å². The summed E-state index contributed by atoms with van der Waals surface area (Å²) in [6, 6.07) is 1.13. The second kappa shape index (κ2) is 6.36. The van der Waals surface area contributed by atoms with Gasteiger partial charge < -0.3 is 15.3 Å². The Morgan fingerprint density at radius 3 is 2.59 bits per heavy atom. The molecule has 2 rings (SSSR count). The summed E-state index contributed by atoms with van der Waals surface area (Å²) in [7, 11) is 0. The van der Waals surface area contributed by atoms with Gasteiger partial charge in [0, 0.05) is 38.2 Å². The molecule has 4 nitrogen and oxygen atoms in total. The smallest absolute Gasteiger partial charge is 0.224 e. The highest BCUT2D eigenvalue weighted by molar-refractivity contribution is 5.76. The lowest BCUT2D eigenvalue weighted by atomic mass is 9.91. The number of hydrogen-bond donors (Lipinski definition) is 2. The van der Waals surface area contributed by atoms with Crippen molar-refractivity contribution < 1.29 is 9.90 Å². The fourth-order valence-corrected chi connectivity index (χ4v) is 2.26. The summed E-state index contributed by atoms with van der Waals surface area (Å²) in [6.07, 6.45) is 7.39. The average molecular weight is 240 g/mol. The van der Waals surface area contributed by atoms with E-state index in [-0.39, 0.29) is 12.5 Å². The molecular weight excluding hydrogens is 216 g/mol. The zero-order valence-electron chi connectivity index (χ0n) is 10.5. The van der Waals surface area contributed by atoms with Gasteiger partial charge in [-0.2, -0.15) is 0 Å². The topological polar surface area (TPSA) is 52.6 Å². The Labute approximate surface area is 103 Å². The number of carbonyl (C=O) groups excluding carboxylic acids is 1. The second-order valence-electron chi connectivity index (χ2n) is 5.23. The number of aliphatic hydroxyl groups excluding tert-OH is 1. The summed E-state index contributed by atoms with van der Waals surface area (Å²) < 4.78 is 0. The molecule has 0 aliphatic heterocycles. The van der Waals surface area contributed by atoms with Crippen LogP contribution in [0.4, 0.5) is 0 Å². The predicted octanol–water partition coefficient (Wildman–Crippen LogP) is 0.892. The van der Waals surface area contributed by atoms with Crippen LogP contribution in [0.15, 0.2) is 0 Å². The van der Waals surface area contributed by atoms with Crippen LogP contribution in [0.5, 0.6) is 0 Å². The van der Waals surface area contributed by atoms with Gasteiger partial charge in [0.15, 0.2) is 0 Å². The summed E-state index contributed by atoms with van der Waals surface area (Å²) in [6.45, 7) is 1.71. The third kappa shape index (κ3) is 3.96. The van der Waals surface area contributed by atoms with Gasteiger partial charge in [-0.3, -0.25) is 4.79 Å². The van der Waals surface area contributed by atoms with Gasteiger partial charge in [0.2, 0.25) is 5.91 Å². The van der Waals surface area contributed by atoms with E-state index in [0.717, 1.165) is 25.9 Å². The first kappa shape index (κ1) is 12.8. The van der Waals surface area contributed by atoms with E-state index in [9.17, 15) is 4.79 Å². The molecule has 0 aromatic rings. The largest absolute Gasteiger partial charge is 0.396 e. The summed E-state index contributed by atoms with van der Waals surface area (Å²) in [5, 5.41) is 12.3. The lowest BCUT2D eigenvalue weighted by Gasteiger charge is -2.37. The molecule has 0 heterocycles. The monoisotopic (exact) mass is 240 g/mol. The van der Waals surface area contributed by atoms with Gasteiger partial charge in [-0.25, -0.2) is 0 Å². The second-order valence-corrected chi connectivity index (χ2v) is 5.23. The van der Waals surface area contributed by atoms with Crippen molar-refractivity contribution in [3.05, 3.63) is 0 Å². The average Bonchev–Trinajstić information content (AvgIpc) is 3.05. The zero-order chi connectivity index (χ0) is 12.1. The third-order valence-corrected chi connectivity index (χ3v) is 3.74. The van der Waals surface area contributed by atoms with Crippen molar-refractivity contribution in [2.24, 2.45) is 0 Å². The van der Waals surface area contributed by atoms with Crippen molar-refractivity contribution in [3.63, 3.8) is 0 Å². The molecule has 0 atom stereocenters. The molecule has 2 aliphatic rings. The molecule has 2 fully saturated rings. The van der Waals surface area contributed by atoms with Crippen molar-refractivity contribution in [3.8, 4) is 0 Å². The minimum Gasteiger partial charge on any atom is -0.396 e. The molecule has 1 amide bonds. The molecule has 17 heavy (non-hydrogen) atoms. The summed E-state index contributed by atoms with van der Waals surface area (Å²) >= 11 is 0. The van der Waals surface area contributed by atoms with Gasteiger partial charge in [0.05, 0.1) is 0 Å². The van der Waals surface area contributed by atoms with Crippen molar-refractivity contribution >= 4 is 5.91 Å². The summed E-state index contributed by atoms with van der Waals surface area (Å²) in [4.78, 5) is 14.1. The van der Waals surface area contributed by atoms with Crippen LogP contribution in [0.2, 0.25) is 0 Å². The molecule has 0 radical (unpaired) electrons. The van der Waals surface area contributed by atoms with E-state index in [2.05, 4.69) is 5.32 Å². The van der Waals surface area contributed by atoms with Crippen LogP contribution in [0.3, 0.4) is 0 Å². The summed E-state index contributed by atoms with van der Waals surface area (Å²) in [5.74, 6) is 0.260. The minimum atomic E-state index is 0.177. The molecule has 0 spiro atoms. The lowest BCUT2D eigenvalue weighted by Crippen LogP contribution is -2.45. The summed E-state index contributed by atoms with van der Waals surface area (Å²) in [5.41, 5.74) is 0. The molecule has 0 aromatic carbocycles. The van der Waals surface area contributed by atoms with Crippen LogP contribution in [-0.2, 0) is 4.79 Å². The highest BCUT2D eigenvalue weighted by atomic mass is 16.3. The fraction of sp³-hybridized carbons (Fsp3) is 0.923. The Balaban J connectivity index is 1.69. The van der Waals surface area contributed by atoms with Crippen molar-refractivity contribution in [1.29, 1.82) is 0 Å². The normalized spacial score (nSPS) is 20.1. The van der Waals surface area contributed by atoms with Crippen molar-refractivity contribution in [1.82, 2.24) is 10.2 Å². The van der Waals surface area contributed by atoms with E-state index in [1.54, 1.807) is 0 Å².